The molecule has 1 aromatic carbocycles. The largest absolute Gasteiger partial charge is 0.335 e. The fourth-order valence-corrected chi connectivity index (χ4v) is 3.08. The van der Waals surface area contributed by atoms with E-state index in [9.17, 15) is 13.2 Å². The van der Waals surface area contributed by atoms with Crippen LogP contribution in [0.1, 0.15) is 12.8 Å². The van der Waals surface area contributed by atoms with Crippen LogP contribution >= 0.6 is 0 Å². The molecule has 0 aromatic heterocycles. The summed E-state index contributed by atoms with van der Waals surface area (Å²) in [4.78, 5) is 11.8. The highest BCUT2D eigenvalue weighted by Crippen LogP contribution is 2.13. The Labute approximate surface area is 119 Å². The predicted octanol–water partition coefficient (Wildman–Crippen LogP) is 1.23. The van der Waals surface area contributed by atoms with Crippen LogP contribution in [0.5, 0.6) is 0 Å². The van der Waals surface area contributed by atoms with Crippen LogP contribution in [0, 0.1) is 0 Å². The lowest BCUT2D eigenvalue weighted by Crippen LogP contribution is -2.47. The molecule has 7 heteroatoms. The van der Waals surface area contributed by atoms with Gasteiger partial charge in [0.15, 0.2) is 0 Å². The summed E-state index contributed by atoms with van der Waals surface area (Å²) in [6.07, 6.45) is 2.48. The molecule has 20 heavy (non-hydrogen) atoms. The molecule has 0 radical (unpaired) electrons. The Bertz CT molecular complexity index is 551. The third-order valence-electron chi connectivity index (χ3n) is 3.29. The predicted molar refractivity (Wildman–Crippen MR) is 78.0 cm³/mol. The van der Waals surface area contributed by atoms with Crippen LogP contribution in [-0.2, 0) is 10.0 Å². The number of hydrogen-bond donors (Lipinski definition) is 2. The van der Waals surface area contributed by atoms with Crippen LogP contribution in [-0.4, -0.2) is 44.1 Å². The van der Waals surface area contributed by atoms with E-state index in [1.807, 2.05) is 30.3 Å². The molecule has 0 spiro atoms. The van der Waals surface area contributed by atoms with E-state index in [1.54, 1.807) is 0 Å². The highest BCUT2D eigenvalue weighted by Gasteiger charge is 2.25. The van der Waals surface area contributed by atoms with Gasteiger partial charge in [0.1, 0.15) is 0 Å². The number of urea groups is 1. The molecule has 110 valence electrons. The average Bonchev–Trinajstić information content (AvgIpc) is 2.39. The first-order valence-corrected chi connectivity index (χ1v) is 8.37. The molecule has 0 aliphatic carbocycles. The molecule has 2 N–H and O–H groups in total. The second kappa shape index (κ2) is 6.23. The number of hydrogen-bond acceptors (Lipinski definition) is 3. The number of rotatable bonds is 3. The second-order valence-electron chi connectivity index (χ2n) is 4.90. The quantitative estimate of drug-likeness (QED) is 0.881. The third-order valence-corrected chi connectivity index (χ3v) is 4.59. The van der Waals surface area contributed by atoms with Crippen molar-refractivity contribution < 1.29 is 13.2 Å². The number of piperidine rings is 1. The number of nitrogens with one attached hydrogen (secondary N) is 2. The molecule has 2 rings (SSSR count). The van der Waals surface area contributed by atoms with Crippen molar-refractivity contribution in [3.05, 3.63) is 30.3 Å². The molecule has 2 amide bonds. The third kappa shape index (κ3) is 4.21. The Kier molecular flexibility index (Phi) is 4.61. The number of para-hydroxylation sites is 1. The van der Waals surface area contributed by atoms with Gasteiger partial charge in [0.05, 0.1) is 6.26 Å². The maximum atomic E-state index is 11.8. The minimum atomic E-state index is -3.12. The molecule has 1 fully saturated rings. The highest BCUT2D eigenvalue weighted by molar-refractivity contribution is 7.88. The summed E-state index contributed by atoms with van der Waals surface area (Å²) in [7, 11) is -3.12. The summed E-state index contributed by atoms with van der Waals surface area (Å²) in [5, 5.41) is 5.62. The van der Waals surface area contributed by atoms with Crippen LogP contribution in [0.4, 0.5) is 10.5 Å². The molecule has 1 aliphatic heterocycles. The zero-order valence-electron chi connectivity index (χ0n) is 11.4. The Hall–Kier alpha value is -1.60. The van der Waals surface area contributed by atoms with Crippen LogP contribution in [0.2, 0.25) is 0 Å². The molecular formula is C13H19N3O3S. The number of anilines is 1. The molecule has 1 aliphatic rings. The molecule has 0 atom stereocenters. The van der Waals surface area contributed by atoms with Gasteiger partial charge >= 0.3 is 6.03 Å². The first-order chi connectivity index (χ1) is 9.45. The molecule has 1 heterocycles. The van der Waals surface area contributed by atoms with Crippen molar-refractivity contribution in [1.29, 1.82) is 0 Å². The number of sulfonamides is 1. The standard InChI is InChI=1S/C13H19N3O3S/c1-20(18,19)16-9-7-12(8-10-16)15-13(17)14-11-5-3-2-4-6-11/h2-6,12H,7-10H2,1H3,(H2,14,15,17). The zero-order valence-corrected chi connectivity index (χ0v) is 12.2. The number of benzene rings is 1. The van der Waals surface area contributed by atoms with E-state index in [1.165, 1.54) is 10.6 Å². The van der Waals surface area contributed by atoms with Crippen molar-refractivity contribution in [3.8, 4) is 0 Å². The minimum Gasteiger partial charge on any atom is -0.335 e. The average molecular weight is 297 g/mol. The van der Waals surface area contributed by atoms with Gasteiger partial charge in [0.2, 0.25) is 10.0 Å². The number of carbonyl (C=O) groups excluding carboxylic acids is 1. The second-order valence-corrected chi connectivity index (χ2v) is 6.88. The highest BCUT2D eigenvalue weighted by atomic mass is 32.2. The minimum absolute atomic E-state index is 0.0108. The summed E-state index contributed by atoms with van der Waals surface area (Å²) in [5.41, 5.74) is 0.735. The van der Waals surface area contributed by atoms with Crippen molar-refractivity contribution >= 4 is 21.7 Å². The van der Waals surface area contributed by atoms with E-state index in [0.717, 1.165) is 5.69 Å². The first kappa shape index (κ1) is 14.8. The van der Waals surface area contributed by atoms with Gasteiger partial charge < -0.3 is 10.6 Å². The lowest BCUT2D eigenvalue weighted by molar-refractivity contribution is 0.238. The van der Waals surface area contributed by atoms with E-state index in [2.05, 4.69) is 10.6 Å². The topological polar surface area (TPSA) is 78.5 Å². The van der Waals surface area contributed by atoms with Crippen molar-refractivity contribution in [2.24, 2.45) is 0 Å². The lowest BCUT2D eigenvalue weighted by Gasteiger charge is -2.30. The Morgan fingerprint density at radius 3 is 2.35 bits per heavy atom. The fraction of sp³-hybridized carbons (Fsp3) is 0.462. The molecule has 1 aromatic rings. The summed E-state index contributed by atoms with van der Waals surface area (Å²) in [6.45, 7) is 0.907. The van der Waals surface area contributed by atoms with Crippen molar-refractivity contribution in [2.45, 2.75) is 18.9 Å². The number of nitrogens with zero attached hydrogens (tertiary/aromatic N) is 1. The zero-order chi connectivity index (χ0) is 14.6. The smallest absolute Gasteiger partial charge is 0.319 e. The fourth-order valence-electron chi connectivity index (χ4n) is 2.21. The molecule has 0 unspecified atom stereocenters. The number of amides is 2. The summed E-state index contributed by atoms with van der Waals surface area (Å²) < 4.78 is 24.2. The Morgan fingerprint density at radius 2 is 1.80 bits per heavy atom. The van der Waals surface area contributed by atoms with E-state index in [0.29, 0.717) is 25.9 Å². The maximum absolute atomic E-state index is 11.8. The van der Waals surface area contributed by atoms with Gasteiger partial charge in [-0.05, 0) is 25.0 Å². The Morgan fingerprint density at radius 1 is 1.20 bits per heavy atom. The van der Waals surface area contributed by atoms with Gasteiger partial charge in [-0.3, -0.25) is 0 Å². The van der Waals surface area contributed by atoms with Gasteiger partial charge in [0.25, 0.3) is 0 Å². The SMILES string of the molecule is CS(=O)(=O)N1CCC(NC(=O)Nc2ccccc2)CC1. The van der Waals surface area contributed by atoms with Crippen LogP contribution < -0.4 is 10.6 Å². The van der Waals surface area contributed by atoms with Gasteiger partial charge in [-0.2, -0.15) is 0 Å². The van der Waals surface area contributed by atoms with Crippen LogP contribution in [0.3, 0.4) is 0 Å². The normalized spacial score (nSPS) is 17.6. The first-order valence-electron chi connectivity index (χ1n) is 6.53. The van der Waals surface area contributed by atoms with Crippen LogP contribution in [0.25, 0.3) is 0 Å². The monoisotopic (exact) mass is 297 g/mol. The van der Waals surface area contributed by atoms with Crippen LogP contribution in [0.15, 0.2) is 30.3 Å². The van der Waals surface area contributed by atoms with Crippen molar-refractivity contribution in [3.63, 3.8) is 0 Å². The van der Waals surface area contributed by atoms with Gasteiger partial charge in [-0.25, -0.2) is 17.5 Å². The molecule has 1 saturated heterocycles. The van der Waals surface area contributed by atoms with E-state index in [4.69, 9.17) is 0 Å². The summed E-state index contributed by atoms with van der Waals surface area (Å²) >= 11 is 0. The van der Waals surface area contributed by atoms with Crippen molar-refractivity contribution in [2.75, 3.05) is 24.7 Å². The van der Waals surface area contributed by atoms with Gasteiger partial charge in [-0.1, -0.05) is 18.2 Å². The molecule has 0 bridgehead atoms. The number of carbonyl (C=O) groups is 1. The van der Waals surface area contributed by atoms with Crippen molar-refractivity contribution in [1.82, 2.24) is 9.62 Å². The van der Waals surface area contributed by atoms with E-state index >= 15 is 0 Å². The van der Waals surface area contributed by atoms with E-state index < -0.39 is 10.0 Å². The van der Waals surface area contributed by atoms with E-state index in [-0.39, 0.29) is 12.1 Å². The summed E-state index contributed by atoms with van der Waals surface area (Å²) in [5.74, 6) is 0. The molecular weight excluding hydrogens is 278 g/mol. The Balaban J connectivity index is 1.79. The lowest BCUT2D eigenvalue weighted by atomic mass is 10.1. The van der Waals surface area contributed by atoms with Gasteiger partial charge in [0, 0.05) is 24.8 Å². The van der Waals surface area contributed by atoms with Gasteiger partial charge in [-0.15, -0.1) is 0 Å². The summed E-state index contributed by atoms with van der Waals surface area (Å²) in [6, 6.07) is 8.95. The molecule has 6 nitrogen and oxygen atoms in total. The molecule has 0 saturated carbocycles. The maximum Gasteiger partial charge on any atom is 0.319 e.